The number of halogens is 2. The Balaban J connectivity index is 1.36. The van der Waals surface area contributed by atoms with E-state index in [1.165, 1.54) is 0 Å². The molecule has 2 aromatic rings. The van der Waals surface area contributed by atoms with E-state index in [1.807, 2.05) is 15.1 Å². The highest BCUT2D eigenvalue weighted by Crippen LogP contribution is 2.26. The predicted molar refractivity (Wildman–Crippen MR) is 121 cm³/mol. The van der Waals surface area contributed by atoms with E-state index in [9.17, 15) is 9.18 Å². The number of rotatable bonds is 5. The van der Waals surface area contributed by atoms with Crippen LogP contribution in [0.5, 0.6) is 0 Å². The van der Waals surface area contributed by atoms with Crippen LogP contribution in [0.2, 0.25) is 0 Å². The highest BCUT2D eigenvalue weighted by atomic mass is 19.1. The quantitative estimate of drug-likeness (QED) is 0.454. The number of carboxylic acid groups (broad SMARTS) is 1. The summed E-state index contributed by atoms with van der Waals surface area (Å²) >= 11 is 0. The van der Waals surface area contributed by atoms with Crippen molar-refractivity contribution in [2.24, 2.45) is 10.7 Å². The average molecular weight is 460 g/mol. The second kappa shape index (κ2) is 9.84. The molecule has 3 heterocycles. The van der Waals surface area contributed by atoms with Gasteiger partial charge in [0.2, 0.25) is 5.95 Å². The number of guanidine groups is 1. The second-order valence-corrected chi connectivity index (χ2v) is 7.93. The maximum atomic E-state index is 15.1. The summed E-state index contributed by atoms with van der Waals surface area (Å²) in [5.74, 6) is -0.149. The topological polar surface area (TPSA) is 123 Å². The van der Waals surface area contributed by atoms with Crippen molar-refractivity contribution < 1.29 is 18.7 Å². The van der Waals surface area contributed by atoms with Crippen LogP contribution in [0.15, 0.2) is 35.6 Å². The van der Waals surface area contributed by atoms with Gasteiger partial charge in [-0.2, -0.15) is 0 Å². The first-order chi connectivity index (χ1) is 15.9. The van der Waals surface area contributed by atoms with Gasteiger partial charge in [0.05, 0.1) is 36.9 Å². The van der Waals surface area contributed by atoms with Crippen molar-refractivity contribution in [1.29, 1.82) is 0 Å². The number of alkyl halides is 1. The van der Waals surface area contributed by atoms with E-state index < -0.39 is 18.1 Å². The largest absolute Gasteiger partial charge is 0.465 e. The first-order valence-corrected chi connectivity index (χ1v) is 10.7. The van der Waals surface area contributed by atoms with Crippen molar-refractivity contribution in [1.82, 2.24) is 15.3 Å². The molecule has 0 spiro atoms. The average Bonchev–Trinajstić information content (AvgIpc) is 3.24. The van der Waals surface area contributed by atoms with Crippen molar-refractivity contribution in [3.8, 4) is 0 Å². The zero-order chi connectivity index (χ0) is 23.4. The minimum atomic E-state index is -1.33. The Morgan fingerprint density at radius 3 is 2.48 bits per heavy atom. The van der Waals surface area contributed by atoms with Gasteiger partial charge in [-0.3, -0.25) is 5.32 Å². The van der Waals surface area contributed by atoms with Gasteiger partial charge in [0.1, 0.15) is 6.17 Å². The lowest BCUT2D eigenvalue weighted by Gasteiger charge is -2.37. The van der Waals surface area contributed by atoms with Crippen LogP contribution in [0.4, 0.5) is 30.9 Å². The third-order valence-corrected chi connectivity index (χ3v) is 5.74. The molecule has 4 rings (SSSR count). The zero-order valence-corrected chi connectivity index (χ0v) is 18.0. The highest BCUT2D eigenvalue weighted by molar-refractivity contribution is 5.91. The number of hydrogen-bond acceptors (Lipinski definition) is 7. The Morgan fingerprint density at radius 2 is 1.85 bits per heavy atom. The van der Waals surface area contributed by atoms with Crippen molar-refractivity contribution in [3.05, 3.63) is 42.0 Å². The van der Waals surface area contributed by atoms with Gasteiger partial charge < -0.3 is 25.5 Å². The van der Waals surface area contributed by atoms with Crippen molar-refractivity contribution >= 4 is 29.4 Å². The Bertz CT molecular complexity index is 1010. The summed E-state index contributed by atoms with van der Waals surface area (Å²) in [4.78, 5) is 29.2. The number of hydrogen-bond donors (Lipinski definition) is 3. The lowest BCUT2D eigenvalue weighted by atomic mass is 10.1. The maximum absolute atomic E-state index is 15.1. The summed E-state index contributed by atoms with van der Waals surface area (Å²) in [7, 11) is 0. The van der Waals surface area contributed by atoms with Gasteiger partial charge in [-0.25, -0.2) is 28.5 Å². The molecule has 0 radical (unpaired) electrons. The lowest BCUT2D eigenvalue weighted by Crippen LogP contribution is -2.47. The fourth-order valence-corrected chi connectivity index (χ4v) is 4.00. The molecule has 1 atom stereocenters. The fraction of sp³-hybridized carbons (Fsp3) is 0.429. The molecule has 1 amide bonds. The van der Waals surface area contributed by atoms with Gasteiger partial charge in [-0.1, -0.05) is 12.1 Å². The molecule has 10 nitrogen and oxygen atoms in total. The lowest BCUT2D eigenvalue weighted by molar-refractivity contribution is 0.200. The third-order valence-electron chi connectivity index (χ3n) is 5.74. The van der Waals surface area contributed by atoms with Crippen LogP contribution in [0.1, 0.15) is 12.0 Å². The number of benzene rings is 1. The van der Waals surface area contributed by atoms with Crippen LogP contribution in [0, 0.1) is 5.82 Å². The van der Waals surface area contributed by atoms with E-state index in [2.05, 4.69) is 19.9 Å². The first kappa shape index (κ1) is 22.5. The summed E-state index contributed by atoms with van der Waals surface area (Å²) in [6.45, 7) is 3.41. The Hall–Kier alpha value is -3.70. The summed E-state index contributed by atoms with van der Waals surface area (Å²) < 4.78 is 28.5. The van der Waals surface area contributed by atoms with Crippen LogP contribution in [0.3, 0.4) is 0 Å². The van der Waals surface area contributed by atoms with Gasteiger partial charge in [-0.15, -0.1) is 0 Å². The number of nitrogens with two attached hydrogens (primary N) is 1. The second-order valence-electron chi connectivity index (χ2n) is 7.93. The first-order valence-electron chi connectivity index (χ1n) is 10.7. The predicted octanol–water partition coefficient (Wildman–Crippen LogP) is 1.57. The van der Waals surface area contributed by atoms with Gasteiger partial charge in [0.25, 0.3) is 0 Å². The van der Waals surface area contributed by atoms with Gasteiger partial charge >= 0.3 is 6.09 Å². The number of piperazine rings is 1. The number of carbonyl (C=O) groups is 1. The summed E-state index contributed by atoms with van der Waals surface area (Å²) in [6, 6.07) is 5.05. The molecule has 0 saturated carbocycles. The monoisotopic (exact) mass is 460 g/mol. The molecule has 0 aliphatic carbocycles. The number of aromatic nitrogens is 2. The molecule has 0 bridgehead atoms. The minimum absolute atomic E-state index is 0.0738. The Morgan fingerprint density at radius 1 is 1.15 bits per heavy atom. The molecule has 33 heavy (non-hydrogen) atoms. The number of amides is 1. The summed E-state index contributed by atoms with van der Waals surface area (Å²) in [6.07, 6.45) is 1.85. The molecule has 2 saturated heterocycles. The molecule has 2 fully saturated rings. The summed E-state index contributed by atoms with van der Waals surface area (Å²) in [5, 5.41) is 10.6. The molecule has 12 heteroatoms. The SMILES string of the molecule is NC(=NCc1cccc(N2CCN(c3cnc(N4CC[C@@H](F)C4)nc3)CC2)c1F)NC(=O)O. The number of anilines is 3. The molecular weight excluding hydrogens is 434 g/mol. The van der Waals surface area contributed by atoms with E-state index in [0.29, 0.717) is 62.9 Å². The zero-order valence-electron chi connectivity index (χ0n) is 18.0. The van der Waals surface area contributed by atoms with Gasteiger partial charge in [0, 0.05) is 38.3 Å². The molecule has 176 valence electrons. The minimum Gasteiger partial charge on any atom is -0.465 e. The third kappa shape index (κ3) is 5.38. The van der Waals surface area contributed by atoms with Crippen LogP contribution in [-0.4, -0.2) is 72.6 Å². The van der Waals surface area contributed by atoms with Crippen molar-refractivity contribution in [2.45, 2.75) is 19.1 Å². The highest BCUT2D eigenvalue weighted by Gasteiger charge is 2.25. The van der Waals surface area contributed by atoms with Crippen LogP contribution in [0.25, 0.3) is 0 Å². The molecule has 0 unspecified atom stereocenters. The number of nitrogens with zero attached hydrogens (tertiary/aromatic N) is 6. The molecular formula is C21H26F2N8O2. The van der Waals surface area contributed by atoms with E-state index in [1.54, 1.807) is 30.6 Å². The number of nitrogens with one attached hydrogen (secondary N) is 1. The molecule has 2 aliphatic heterocycles. The Kier molecular flexibility index (Phi) is 6.71. The van der Waals surface area contributed by atoms with Crippen molar-refractivity contribution in [3.63, 3.8) is 0 Å². The standard InChI is InChI=1S/C21H26F2N8O2/c22-15-4-5-31(13-15)20-26-11-16(12-27-20)29-6-8-30(9-7-29)17-3-1-2-14(18(17)23)10-25-19(24)28-21(32)33/h1-3,11-12,15H,4-10,13H2,(H,32,33)(H3,24,25,28)/t15-/m1/s1. The van der Waals surface area contributed by atoms with Gasteiger partial charge in [0.15, 0.2) is 11.8 Å². The van der Waals surface area contributed by atoms with Crippen LogP contribution in [-0.2, 0) is 6.54 Å². The van der Waals surface area contributed by atoms with E-state index >= 15 is 4.39 Å². The molecule has 1 aromatic carbocycles. The summed E-state index contributed by atoms with van der Waals surface area (Å²) in [5.41, 5.74) is 7.13. The Labute approximate surface area is 189 Å². The van der Waals surface area contributed by atoms with E-state index in [0.717, 1.165) is 5.69 Å². The van der Waals surface area contributed by atoms with Gasteiger partial charge in [-0.05, 0) is 12.5 Å². The van der Waals surface area contributed by atoms with Crippen LogP contribution < -0.4 is 25.8 Å². The van der Waals surface area contributed by atoms with Crippen LogP contribution >= 0.6 is 0 Å². The maximum Gasteiger partial charge on any atom is 0.411 e. The normalized spacial score (nSPS) is 19.2. The molecule has 2 aliphatic rings. The van der Waals surface area contributed by atoms with Crippen molar-refractivity contribution in [2.75, 3.05) is 54.0 Å². The molecule has 4 N–H and O–H groups in total. The van der Waals surface area contributed by atoms with E-state index in [4.69, 9.17) is 10.8 Å². The fourth-order valence-electron chi connectivity index (χ4n) is 4.00. The van der Waals surface area contributed by atoms with E-state index in [-0.39, 0.29) is 12.5 Å². The molecule has 1 aromatic heterocycles. The number of aliphatic imine (C=N–C) groups is 1. The smallest absolute Gasteiger partial charge is 0.411 e.